The SMILES string of the molecule is C[C@@H]1CN(c2cccc(NC(=O)c3ncc(N4C(O)OCC4(C)C)nc3N3CCC4(CC3)CC4)n2)CCO1. The number of hydrogen-bond acceptors (Lipinski definition) is 10. The number of carbonyl (C=O) groups is 1. The Labute approximate surface area is 223 Å². The fourth-order valence-corrected chi connectivity index (χ4v) is 5.75. The van der Waals surface area contributed by atoms with Crippen molar-refractivity contribution in [3.8, 4) is 0 Å². The molecule has 2 aromatic rings. The number of hydrogen-bond donors (Lipinski definition) is 2. The zero-order valence-corrected chi connectivity index (χ0v) is 22.4. The lowest BCUT2D eigenvalue weighted by Crippen LogP contribution is -2.45. The van der Waals surface area contributed by atoms with Crippen molar-refractivity contribution in [3.63, 3.8) is 0 Å². The van der Waals surface area contributed by atoms with E-state index in [2.05, 4.69) is 20.1 Å². The molecule has 11 nitrogen and oxygen atoms in total. The standard InChI is InChI=1S/C27H37N7O4/c1-18-16-33(13-14-37-18)20-6-4-5-19(29-20)30-24(35)22-23(32-11-9-27(7-8-27)10-12-32)31-21(15-28-22)34-25(36)38-17-26(34,2)3/h4-6,15,18,25,36H,7-14,16-17H2,1-3H3,(H,29,30,35)/t18-,25?/m1/s1. The number of ether oxygens (including phenoxy) is 2. The summed E-state index contributed by atoms with van der Waals surface area (Å²) in [6.07, 6.45) is 5.31. The highest BCUT2D eigenvalue weighted by Crippen LogP contribution is 2.54. The van der Waals surface area contributed by atoms with Gasteiger partial charge in [0, 0.05) is 26.2 Å². The molecule has 1 unspecified atom stereocenters. The summed E-state index contributed by atoms with van der Waals surface area (Å²) in [6, 6.07) is 5.62. The van der Waals surface area contributed by atoms with Crippen LogP contribution in [0.25, 0.3) is 0 Å². The summed E-state index contributed by atoms with van der Waals surface area (Å²) in [5, 5.41) is 13.4. The highest BCUT2D eigenvalue weighted by atomic mass is 16.6. The first-order valence-electron chi connectivity index (χ1n) is 13.6. The highest BCUT2D eigenvalue weighted by Gasteiger charge is 2.45. The molecule has 0 aromatic carbocycles. The average Bonchev–Trinajstić information content (AvgIpc) is 3.60. The van der Waals surface area contributed by atoms with E-state index in [1.165, 1.54) is 12.8 Å². The number of pyridine rings is 1. The van der Waals surface area contributed by atoms with E-state index in [9.17, 15) is 9.90 Å². The maximum Gasteiger partial charge on any atom is 0.279 e. The van der Waals surface area contributed by atoms with Gasteiger partial charge >= 0.3 is 0 Å². The molecule has 1 aliphatic carbocycles. The van der Waals surface area contributed by atoms with Gasteiger partial charge in [-0.05, 0) is 64.0 Å². The number of nitrogens with one attached hydrogen (secondary N) is 1. The van der Waals surface area contributed by atoms with Crippen LogP contribution in [0.15, 0.2) is 24.4 Å². The van der Waals surface area contributed by atoms with Crippen molar-refractivity contribution in [2.24, 2.45) is 5.41 Å². The lowest BCUT2D eigenvalue weighted by Gasteiger charge is -2.35. The van der Waals surface area contributed by atoms with E-state index >= 15 is 0 Å². The van der Waals surface area contributed by atoms with Crippen LogP contribution in [0.2, 0.25) is 0 Å². The number of anilines is 4. The van der Waals surface area contributed by atoms with Crippen molar-refractivity contribution >= 4 is 29.2 Å². The number of aromatic nitrogens is 3. The van der Waals surface area contributed by atoms with Crippen molar-refractivity contribution in [2.75, 3.05) is 59.4 Å². The quantitative estimate of drug-likeness (QED) is 0.606. The minimum atomic E-state index is -1.11. The van der Waals surface area contributed by atoms with E-state index in [0.717, 1.165) is 44.8 Å². The van der Waals surface area contributed by atoms with Gasteiger partial charge in [0.05, 0.1) is 31.1 Å². The fraction of sp³-hybridized carbons (Fsp3) is 0.630. The van der Waals surface area contributed by atoms with Crippen molar-refractivity contribution in [3.05, 3.63) is 30.1 Å². The molecule has 38 heavy (non-hydrogen) atoms. The van der Waals surface area contributed by atoms with Crippen LogP contribution in [0.3, 0.4) is 0 Å². The molecular weight excluding hydrogens is 486 g/mol. The maximum absolute atomic E-state index is 13.6. The van der Waals surface area contributed by atoms with E-state index in [1.807, 2.05) is 32.9 Å². The van der Waals surface area contributed by atoms with Crippen molar-refractivity contribution in [1.29, 1.82) is 0 Å². The van der Waals surface area contributed by atoms with Crippen LogP contribution in [0.1, 0.15) is 56.9 Å². The molecule has 11 heteroatoms. The first-order chi connectivity index (χ1) is 18.2. The van der Waals surface area contributed by atoms with Crippen LogP contribution in [-0.4, -0.2) is 83.4 Å². The minimum Gasteiger partial charge on any atom is -0.375 e. The number of amides is 1. The normalized spacial score (nSPS) is 26.1. The second kappa shape index (κ2) is 9.62. The van der Waals surface area contributed by atoms with Gasteiger partial charge in [0.15, 0.2) is 17.3 Å². The summed E-state index contributed by atoms with van der Waals surface area (Å²) in [4.78, 5) is 33.8. The average molecular weight is 524 g/mol. The van der Waals surface area contributed by atoms with Crippen molar-refractivity contribution in [1.82, 2.24) is 15.0 Å². The Kier molecular flexibility index (Phi) is 6.40. The molecule has 2 atom stereocenters. The van der Waals surface area contributed by atoms with Gasteiger partial charge in [-0.3, -0.25) is 9.69 Å². The Bertz CT molecular complexity index is 1190. The zero-order chi connectivity index (χ0) is 26.5. The van der Waals surface area contributed by atoms with Crippen LogP contribution >= 0.6 is 0 Å². The molecule has 3 aliphatic heterocycles. The van der Waals surface area contributed by atoms with Crippen LogP contribution in [0, 0.1) is 5.41 Å². The summed E-state index contributed by atoms with van der Waals surface area (Å²) < 4.78 is 11.1. The molecule has 1 amide bonds. The van der Waals surface area contributed by atoms with Crippen LogP contribution in [0.5, 0.6) is 0 Å². The number of carbonyl (C=O) groups excluding carboxylic acids is 1. The largest absolute Gasteiger partial charge is 0.375 e. The minimum absolute atomic E-state index is 0.129. The third kappa shape index (κ3) is 4.90. The Morgan fingerprint density at radius 1 is 1.05 bits per heavy atom. The van der Waals surface area contributed by atoms with E-state index in [0.29, 0.717) is 36.1 Å². The molecule has 5 heterocycles. The Hall–Kier alpha value is -3.02. The number of nitrogens with zero attached hydrogens (tertiary/aromatic N) is 6. The monoisotopic (exact) mass is 523 g/mol. The van der Waals surface area contributed by atoms with Crippen LogP contribution in [0.4, 0.5) is 23.3 Å². The van der Waals surface area contributed by atoms with Gasteiger partial charge in [-0.1, -0.05) is 6.07 Å². The van der Waals surface area contributed by atoms with E-state index in [4.69, 9.17) is 19.4 Å². The molecule has 1 spiro atoms. The molecule has 2 N–H and O–H groups in total. The highest BCUT2D eigenvalue weighted by molar-refractivity contribution is 6.05. The molecule has 0 bridgehead atoms. The van der Waals surface area contributed by atoms with Crippen molar-refractivity contribution < 1.29 is 19.4 Å². The van der Waals surface area contributed by atoms with Gasteiger partial charge in [-0.15, -0.1) is 0 Å². The van der Waals surface area contributed by atoms with Crippen LogP contribution in [-0.2, 0) is 9.47 Å². The lowest BCUT2D eigenvalue weighted by atomic mass is 9.93. The summed E-state index contributed by atoms with van der Waals surface area (Å²) >= 11 is 0. The van der Waals surface area contributed by atoms with Gasteiger partial charge in [0.1, 0.15) is 11.6 Å². The first-order valence-corrected chi connectivity index (χ1v) is 13.6. The third-order valence-corrected chi connectivity index (χ3v) is 8.28. The molecule has 4 aliphatic rings. The third-order valence-electron chi connectivity index (χ3n) is 8.28. The Morgan fingerprint density at radius 3 is 2.53 bits per heavy atom. The molecule has 3 saturated heterocycles. The molecule has 2 aromatic heterocycles. The number of aliphatic hydroxyl groups is 1. The molecule has 204 valence electrons. The lowest BCUT2D eigenvalue weighted by molar-refractivity contribution is -0.0580. The van der Waals surface area contributed by atoms with E-state index in [1.54, 1.807) is 17.2 Å². The Morgan fingerprint density at radius 2 is 1.84 bits per heavy atom. The molecule has 6 rings (SSSR count). The Balaban J connectivity index is 1.27. The van der Waals surface area contributed by atoms with Gasteiger partial charge in [-0.2, -0.15) is 0 Å². The number of rotatable bonds is 5. The number of piperidine rings is 1. The van der Waals surface area contributed by atoms with Gasteiger partial charge in [0.25, 0.3) is 5.91 Å². The molecular formula is C27H37N7O4. The van der Waals surface area contributed by atoms with Gasteiger partial charge in [0.2, 0.25) is 6.41 Å². The predicted molar refractivity (Wildman–Crippen MR) is 143 cm³/mol. The molecule has 0 radical (unpaired) electrons. The second-order valence-corrected chi connectivity index (χ2v) is 11.7. The topological polar surface area (TPSA) is 116 Å². The summed E-state index contributed by atoms with van der Waals surface area (Å²) in [5.74, 6) is 1.92. The van der Waals surface area contributed by atoms with Crippen LogP contribution < -0.4 is 20.0 Å². The maximum atomic E-state index is 13.6. The first kappa shape index (κ1) is 25.3. The summed E-state index contributed by atoms with van der Waals surface area (Å²) in [5.41, 5.74) is 0.267. The summed E-state index contributed by atoms with van der Waals surface area (Å²) in [7, 11) is 0. The number of morpholine rings is 1. The van der Waals surface area contributed by atoms with E-state index < -0.39 is 12.0 Å². The van der Waals surface area contributed by atoms with Gasteiger partial charge < -0.3 is 29.7 Å². The zero-order valence-electron chi connectivity index (χ0n) is 22.4. The van der Waals surface area contributed by atoms with Crippen molar-refractivity contribution in [2.45, 2.75) is 64.5 Å². The predicted octanol–water partition coefficient (Wildman–Crippen LogP) is 2.62. The second-order valence-electron chi connectivity index (χ2n) is 11.7. The van der Waals surface area contributed by atoms with E-state index in [-0.39, 0.29) is 17.7 Å². The molecule has 1 saturated carbocycles. The summed E-state index contributed by atoms with van der Waals surface area (Å²) in [6.45, 7) is 10.2. The molecule has 4 fully saturated rings. The smallest absolute Gasteiger partial charge is 0.279 e. The number of aliphatic hydroxyl groups excluding tert-OH is 1. The van der Waals surface area contributed by atoms with Gasteiger partial charge in [-0.25, -0.2) is 15.0 Å². The fourth-order valence-electron chi connectivity index (χ4n) is 5.75.